The lowest BCUT2D eigenvalue weighted by atomic mass is 10.2. The predicted octanol–water partition coefficient (Wildman–Crippen LogP) is 4.13. The summed E-state index contributed by atoms with van der Waals surface area (Å²) in [4.78, 5) is 0.132. The molecular weight excluding hydrogens is 353 g/mol. The lowest BCUT2D eigenvalue weighted by Crippen LogP contribution is -2.32. The third-order valence-corrected chi connectivity index (χ3v) is 7.79. The molecule has 1 aromatic carbocycles. The van der Waals surface area contributed by atoms with Gasteiger partial charge in [0, 0.05) is 0 Å². The Bertz CT molecular complexity index is 666. The maximum Gasteiger partial charge on any atom is 0.276 e. The first kappa shape index (κ1) is 20.7. The molecule has 0 spiro atoms. The molecule has 0 atom stereocenters. The number of benzene rings is 1. The summed E-state index contributed by atoms with van der Waals surface area (Å²) in [6.07, 6.45) is 0. The molecule has 5 nitrogen and oxygen atoms in total. The van der Waals surface area contributed by atoms with Gasteiger partial charge < -0.3 is 9.05 Å². The minimum Gasteiger partial charge on any atom is -0.312 e. The predicted molar refractivity (Wildman–Crippen MR) is 97.5 cm³/mol. The third-order valence-electron chi connectivity index (χ3n) is 2.35. The van der Waals surface area contributed by atoms with Crippen molar-refractivity contribution in [3.63, 3.8) is 0 Å². The Morgan fingerprint density at radius 1 is 0.957 bits per heavy atom. The summed E-state index contributed by atoms with van der Waals surface area (Å²) in [5.41, 5.74) is -0.312. The Hall–Kier alpha value is -0.300. The molecule has 0 aliphatic carbocycles. The van der Waals surface area contributed by atoms with E-state index in [0.29, 0.717) is 0 Å². The van der Waals surface area contributed by atoms with Crippen molar-refractivity contribution in [1.29, 1.82) is 0 Å². The lowest BCUT2D eigenvalue weighted by Gasteiger charge is -2.34. The van der Waals surface area contributed by atoms with Gasteiger partial charge >= 0.3 is 0 Å². The number of aryl methyl sites for hydroxylation is 1. The van der Waals surface area contributed by atoms with Gasteiger partial charge in [0.15, 0.2) is 0 Å². The summed E-state index contributed by atoms with van der Waals surface area (Å²) < 4.78 is 39.3. The molecule has 1 rings (SSSR count). The van der Waals surface area contributed by atoms with Crippen molar-refractivity contribution in [3.05, 3.63) is 29.8 Å². The molecule has 0 heterocycles. The van der Waals surface area contributed by atoms with E-state index in [1.54, 1.807) is 53.7 Å². The van der Waals surface area contributed by atoms with E-state index in [2.05, 4.69) is 4.49 Å². The van der Waals surface area contributed by atoms with Gasteiger partial charge in [-0.3, -0.25) is 0 Å². The molecule has 1 N–H and O–H groups in total. The van der Waals surface area contributed by atoms with Gasteiger partial charge in [-0.05, 0) is 72.4 Å². The van der Waals surface area contributed by atoms with Gasteiger partial charge in [-0.15, -0.1) is 4.49 Å². The molecular formula is C15H26NO4PS2. The van der Waals surface area contributed by atoms with E-state index in [-0.39, 0.29) is 4.90 Å². The average Bonchev–Trinajstić information content (AvgIpc) is 2.21. The monoisotopic (exact) mass is 379 g/mol. The van der Waals surface area contributed by atoms with Crippen LogP contribution in [0.1, 0.15) is 47.1 Å². The quantitative estimate of drug-likeness (QED) is 0.780. The van der Waals surface area contributed by atoms with Crippen LogP contribution in [0.4, 0.5) is 0 Å². The molecule has 0 bridgehead atoms. The summed E-state index contributed by atoms with van der Waals surface area (Å²) in [7, 11) is -3.83. The van der Waals surface area contributed by atoms with Crippen LogP contribution in [0, 0.1) is 6.92 Å². The first-order chi connectivity index (χ1) is 10.1. The summed E-state index contributed by atoms with van der Waals surface area (Å²) in [6.45, 7) is 9.46. The number of nitrogens with one attached hydrogen (secondary N) is 1. The molecule has 0 amide bonds. The zero-order valence-electron chi connectivity index (χ0n) is 14.7. The zero-order chi connectivity index (χ0) is 18.1. The highest BCUT2D eigenvalue weighted by Crippen LogP contribution is 2.52. The standard InChI is InChI=1S/C15H26NO4PS2/c1-12-8-10-13(11-9-12)23(17,18)16-21(22,19-14(2,3)4)20-15(5,6)7/h8-11H,1-7H3,(H,16,22). The summed E-state index contributed by atoms with van der Waals surface area (Å²) in [5.74, 6) is 0. The Balaban J connectivity index is 3.18. The van der Waals surface area contributed by atoms with E-state index in [1.807, 2.05) is 6.92 Å². The smallest absolute Gasteiger partial charge is 0.276 e. The second-order valence-corrected chi connectivity index (χ2v) is 12.3. The van der Waals surface area contributed by atoms with Crippen LogP contribution < -0.4 is 4.49 Å². The van der Waals surface area contributed by atoms with Crippen molar-refractivity contribution in [2.75, 3.05) is 0 Å². The van der Waals surface area contributed by atoms with Crippen LogP contribution in [0.3, 0.4) is 0 Å². The molecule has 8 heteroatoms. The summed E-state index contributed by atoms with van der Waals surface area (Å²) in [6, 6.07) is 6.53. The van der Waals surface area contributed by atoms with E-state index in [1.165, 1.54) is 12.1 Å². The minimum atomic E-state index is -3.83. The van der Waals surface area contributed by atoms with E-state index < -0.39 is 27.9 Å². The van der Waals surface area contributed by atoms with Crippen LogP contribution >= 0.6 is 6.64 Å². The van der Waals surface area contributed by atoms with E-state index >= 15 is 0 Å². The Kier molecular flexibility index (Phi) is 6.23. The average molecular weight is 379 g/mol. The molecule has 0 saturated carbocycles. The second kappa shape index (κ2) is 6.90. The van der Waals surface area contributed by atoms with Crippen molar-refractivity contribution in [2.45, 2.75) is 64.6 Å². The van der Waals surface area contributed by atoms with Crippen LogP contribution in [0.5, 0.6) is 0 Å². The highest BCUT2D eigenvalue weighted by molar-refractivity contribution is 8.14. The molecule has 0 aliphatic rings. The number of hydrogen-bond acceptors (Lipinski definition) is 5. The van der Waals surface area contributed by atoms with E-state index in [4.69, 9.17) is 20.9 Å². The van der Waals surface area contributed by atoms with Gasteiger partial charge in [-0.1, -0.05) is 17.7 Å². The highest BCUT2D eigenvalue weighted by Gasteiger charge is 2.35. The lowest BCUT2D eigenvalue weighted by molar-refractivity contribution is 0.0696. The fraction of sp³-hybridized carbons (Fsp3) is 0.600. The van der Waals surface area contributed by atoms with Gasteiger partial charge in [-0.25, -0.2) is 8.42 Å². The SMILES string of the molecule is Cc1ccc(S(=O)(=O)NP(=S)(OC(C)(C)C)OC(C)(C)C)cc1. The molecule has 0 fully saturated rings. The molecule has 0 aromatic heterocycles. The normalized spacial score (nSPS) is 14.0. The maximum absolute atomic E-state index is 12.6. The number of sulfonamides is 1. The summed E-state index contributed by atoms with van der Waals surface area (Å²) in [5, 5.41) is 0. The Morgan fingerprint density at radius 3 is 1.70 bits per heavy atom. The van der Waals surface area contributed by atoms with Gasteiger partial charge in [0.25, 0.3) is 6.64 Å². The van der Waals surface area contributed by atoms with Crippen LogP contribution in [-0.4, -0.2) is 19.6 Å². The molecule has 0 unspecified atom stereocenters. The van der Waals surface area contributed by atoms with Crippen LogP contribution in [0.15, 0.2) is 29.2 Å². The second-order valence-electron chi connectivity index (χ2n) is 7.31. The topological polar surface area (TPSA) is 64.6 Å². The molecule has 0 radical (unpaired) electrons. The molecule has 23 heavy (non-hydrogen) atoms. The highest BCUT2D eigenvalue weighted by atomic mass is 32.5. The summed E-state index contributed by atoms with van der Waals surface area (Å²) >= 11 is 5.45. The largest absolute Gasteiger partial charge is 0.312 e. The molecule has 0 aliphatic heterocycles. The maximum atomic E-state index is 12.6. The van der Waals surface area contributed by atoms with Crippen LogP contribution in [0.25, 0.3) is 0 Å². The van der Waals surface area contributed by atoms with E-state index in [0.717, 1.165) is 5.56 Å². The Morgan fingerprint density at radius 2 is 1.35 bits per heavy atom. The van der Waals surface area contributed by atoms with Gasteiger partial charge in [0.2, 0.25) is 10.0 Å². The fourth-order valence-corrected chi connectivity index (χ4v) is 7.79. The van der Waals surface area contributed by atoms with Gasteiger partial charge in [0.1, 0.15) is 0 Å². The van der Waals surface area contributed by atoms with Gasteiger partial charge in [-0.2, -0.15) is 0 Å². The van der Waals surface area contributed by atoms with Crippen molar-refractivity contribution >= 4 is 28.5 Å². The van der Waals surface area contributed by atoms with Crippen LogP contribution in [-0.2, 0) is 30.9 Å². The minimum absolute atomic E-state index is 0.132. The number of rotatable bonds is 5. The van der Waals surface area contributed by atoms with Gasteiger partial charge in [0.05, 0.1) is 16.1 Å². The van der Waals surface area contributed by atoms with Crippen molar-refractivity contribution in [3.8, 4) is 0 Å². The van der Waals surface area contributed by atoms with Crippen molar-refractivity contribution in [1.82, 2.24) is 4.49 Å². The molecule has 1 aromatic rings. The molecule has 132 valence electrons. The van der Waals surface area contributed by atoms with E-state index in [9.17, 15) is 8.42 Å². The van der Waals surface area contributed by atoms with Crippen LogP contribution in [0.2, 0.25) is 0 Å². The fourth-order valence-electron chi connectivity index (χ4n) is 1.69. The van der Waals surface area contributed by atoms with Crippen molar-refractivity contribution < 1.29 is 17.5 Å². The van der Waals surface area contributed by atoms with Crippen molar-refractivity contribution in [2.24, 2.45) is 0 Å². The number of hydrogen-bond donors (Lipinski definition) is 1. The zero-order valence-corrected chi connectivity index (χ0v) is 17.2. The Labute approximate surface area is 145 Å². The third kappa shape index (κ3) is 7.42. The molecule has 0 saturated heterocycles. The first-order valence-electron chi connectivity index (χ1n) is 7.24. The first-order valence-corrected chi connectivity index (χ1v) is 11.4.